The summed E-state index contributed by atoms with van der Waals surface area (Å²) in [7, 11) is 1.72. The number of likely N-dealkylation sites (tertiary alicyclic amines) is 1. The van der Waals surface area contributed by atoms with Crippen LogP contribution in [0.1, 0.15) is 64.5 Å². The average molecular weight is 515 g/mol. The minimum absolute atomic E-state index is 0.219. The zero-order chi connectivity index (χ0) is 26.7. The highest BCUT2D eigenvalue weighted by atomic mass is 16.6. The van der Waals surface area contributed by atoms with E-state index in [0.29, 0.717) is 44.2 Å². The molecule has 0 radical (unpaired) electrons. The number of hydrogen-bond acceptors (Lipinski definition) is 6. The predicted molar refractivity (Wildman–Crippen MR) is 138 cm³/mol. The molecule has 3 heterocycles. The van der Waals surface area contributed by atoms with Crippen LogP contribution in [0.4, 0.5) is 4.79 Å². The van der Waals surface area contributed by atoms with Crippen LogP contribution in [0.3, 0.4) is 0 Å². The first-order chi connectivity index (χ1) is 17.5. The molecule has 2 aliphatic heterocycles. The van der Waals surface area contributed by atoms with Crippen molar-refractivity contribution in [1.82, 2.24) is 19.4 Å². The fourth-order valence-electron chi connectivity index (χ4n) is 5.17. The van der Waals surface area contributed by atoms with E-state index in [2.05, 4.69) is 5.32 Å². The molecule has 2 saturated heterocycles. The maximum absolute atomic E-state index is 13.1. The Kier molecular flexibility index (Phi) is 8.06. The van der Waals surface area contributed by atoms with Crippen LogP contribution in [0.15, 0.2) is 23.0 Å². The second-order valence-electron chi connectivity index (χ2n) is 11.1. The number of imide groups is 1. The van der Waals surface area contributed by atoms with Gasteiger partial charge < -0.3 is 14.4 Å². The lowest BCUT2D eigenvalue weighted by atomic mass is 9.98. The third kappa shape index (κ3) is 6.23. The molecule has 4 rings (SSSR count). The van der Waals surface area contributed by atoms with Gasteiger partial charge in [0, 0.05) is 39.8 Å². The van der Waals surface area contributed by atoms with E-state index < -0.39 is 17.6 Å². The molecule has 202 valence electrons. The van der Waals surface area contributed by atoms with Gasteiger partial charge in [-0.1, -0.05) is 12.1 Å². The van der Waals surface area contributed by atoms with Crippen molar-refractivity contribution in [2.24, 2.45) is 13.0 Å². The second kappa shape index (κ2) is 11.1. The van der Waals surface area contributed by atoms with Gasteiger partial charge >= 0.3 is 11.8 Å². The minimum Gasteiger partial charge on any atom is -0.444 e. The first kappa shape index (κ1) is 26.9. The highest BCUT2D eigenvalue weighted by Gasteiger charge is 2.31. The van der Waals surface area contributed by atoms with Crippen molar-refractivity contribution in [2.75, 3.05) is 26.3 Å². The third-order valence-electron chi connectivity index (χ3n) is 7.06. The molecule has 0 bridgehead atoms. The van der Waals surface area contributed by atoms with E-state index >= 15 is 0 Å². The summed E-state index contributed by atoms with van der Waals surface area (Å²) in [4.78, 5) is 51.0. The van der Waals surface area contributed by atoms with Crippen LogP contribution < -0.4 is 11.0 Å². The Bertz CT molecular complexity index is 1220. The van der Waals surface area contributed by atoms with Gasteiger partial charge in [-0.05, 0) is 70.4 Å². The Morgan fingerprint density at radius 2 is 1.84 bits per heavy atom. The van der Waals surface area contributed by atoms with Crippen LogP contribution in [0.5, 0.6) is 0 Å². The smallest absolute Gasteiger partial charge is 0.410 e. The van der Waals surface area contributed by atoms with E-state index in [1.807, 2.05) is 39.0 Å². The lowest BCUT2D eigenvalue weighted by molar-refractivity contribution is -0.135. The Labute approximate surface area is 216 Å². The summed E-state index contributed by atoms with van der Waals surface area (Å²) in [5.41, 5.74) is 1.80. The number of amides is 3. The van der Waals surface area contributed by atoms with Gasteiger partial charge in [0.15, 0.2) is 0 Å². The summed E-state index contributed by atoms with van der Waals surface area (Å²) in [5, 5.41) is 2.35. The number of aromatic nitrogens is 2. The number of benzene rings is 1. The number of piperidine rings is 2. The predicted octanol–water partition coefficient (Wildman–Crippen LogP) is 2.91. The number of fused-ring (bicyclic) bond motifs is 1. The first-order valence-corrected chi connectivity index (χ1v) is 13.1. The molecule has 1 unspecified atom stereocenters. The number of aryl methyl sites for hydroxylation is 2. The molecule has 1 atom stereocenters. The van der Waals surface area contributed by atoms with Gasteiger partial charge in [0.2, 0.25) is 11.8 Å². The van der Waals surface area contributed by atoms with E-state index in [4.69, 9.17) is 9.47 Å². The van der Waals surface area contributed by atoms with Crippen LogP contribution >= 0.6 is 0 Å². The second-order valence-corrected chi connectivity index (χ2v) is 11.1. The largest absolute Gasteiger partial charge is 0.444 e. The normalized spacial score (nSPS) is 19.4. The van der Waals surface area contributed by atoms with Gasteiger partial charge in [-0.15, -0.1) is 0 Å². The summed E-state index contributed by atoms with van der Waals surface area (Å²) in [6, 6.07) is 5.07. The van der Waals surface area contributed by atoms with Crippen molar-refractivity contribution >= 4 is 28.9 Å². The zero-order valence-electron chi connectivity index (χ0n) is 22.2. The van der Waals surface area contributed by atoms with Gasteiger partial charge in [0.05, 0.1) is 11.0 Å². The number of hydrogen-bond donors (Lipinski definition) is 1. The summed E-state index contributed by atoms with van der Waals surface area (Å²) < 4.78 is 14.5. The van der Waals surface area contributed by atoms with Crippen LogP contribution in [0.2, 0.25) is 0 Å². The molecule has 37 heavy (non-hydrogen) atoms. The molecule has 2 fully saturated rings. The Morgan fingerprint density at radius 1 is 1.11 bits per heavy atom. The van der Waals surface area contributed by atoms with E-state index in [1.165, 1.54) is 4.57 Å². The third-order valence-corrected chi connectivity index (χ3v) is 7.06. The number of nitrogens with one attached hydrogen (secondary N) is 1. The van der Waals surface area contributed by atoms with E-state index in [0.717, 1.165) is 36.8 Å². The molecule has 10 nitrogen and oxygen atoms in total. The standard InChI is InChI=1S/C27H38N4O6/c1-27(2,3)37-26(35)30-14-12-18(13-15-30)17-36-16-6-8-19-7-5-9-20-23(19)29(4)25(34)31(20)21-10-11-22(32)28-24(21)33/h5,7,9,18,21H,6,8,10-17H2,1-4H3,(H,28,32,33). The van der Waals surface area contributed by atoms with Crippen molar-refractivity contribution in [3.05, 3.63) is 34.2 Å². The number of carbonyl (C=O) groups is 3. The molecule has 0 aliphatic carbocycles. The van der Waals surface area contributed by atoms with E-state index in [-0.39, 0.29) is 24.1 Å². The number of ether oxygens (including phenoxy) is 2. The number of nitrogens with zero attached hydrogens (tertiary/aromatic N) is 3. The van der Waals surface area contributed by atoms with Crippen LogP contribution in [-0.2, 0) is 32.5 Å². The summed E-state index contributed by atoms with van der Waals surface area (Å²) in [6.45, 7) is 8.26. The Balaban J connectivity index is 1.29. The van der Waals surface area contributed by atoms with Crippen molar-refractivity contribution in [1.29, 1.82) is 0 Å². The highest BCUT2D eigenvalue weighted by Crippen LogP contribution is 2.26. The molecule has 1 aromatic carbocycles. The fraction of sp³-hybridized carbons (Fsp3) is 0.630. The lowest BCUT2D eigenvalue weighted by Gasteiger charge is -2.33. The average Bonchev–Trinajstić information content (AvgIpc) is 3.09. The topological polar surface area (TPSA) is 112 Å². The molecule has 0 spiro atoms. The fourth-order valence-corrected chi connectivity index (χ4v) is 5.17. The van der Waals surface area contributed by atoms with E-state index in [1.54, 1.807) is 16.5 Å². The van der Waals surface area contributed by atoms with E-state index in [9.17, 15) is 19.2 Å². The summed E-state index contributed by atoms with van der Waals surface area (Å²) in [6.07, 6.45) is 3.62. The van der Waals surface area contributed by atoms with Crippen molar-refractivity contribution in [3.63, 3.8) is 0 Å². The molecular weight excluding hydrogens is 476 g/mol. The Hall–Kier alpha value is -3.14. The van der Waals surface area contributed by atoms with Crippen molar-refractivity contribution < 1.29 is 23.9 Å². The summed E-state index contributed by atoms with van der Waals surface area (Å²) >= 11 is 0. The molecule has 2 aromatic rings. The van der Waals surface area contributed by atoms with Crippen LogP contribution in [-0.4, -0.2) is 63.8 Å². The molecule has 3 amide bonds. The number of imidazole rings is 1. The Morgan fingerprint density at radius 3 is 2.51 bits per heavy atom. The van der Waals surface area contributed by atoms with Gasteiger partial charge in [-0.3, -0.25) is 24.0 Å². The van der Waals surface area contributed by atoms with Crippen LogP contribution in [0.25, 0.3) is 11.0 Å². The van der Waals surface area contributed by atoms with Gasteiger partial charge in [-0.2, -0.15) is 0 Å². The lowest BCUT2D eigenvalue weighted by Crippen LogP contribution is -2.44. The molecule has 0 saturated carbocycles. The summed E-state index contributed by atoms with van der Waals surface area (Å²) in [5.74, 6) is -0.309. The first-order valence-electron chi connectivity index (χ1n) is 13.1. The van der Waals surface area contributed by atoms with Crippen LogP contribution in [0, 0.1) is 5.92 Å². The molecular formula is C27H38N4O6. The molecule has 1 aromatic heterocycles. The molecule has 1 N–H and O–H groups in total. The van der Waals surface area contributed by atoms with Gasteiger partial charge in [0.25, 0.3) is 0 Å². The maximum Gasteiger partial charge on any atom is 0.410 e. The number of para-hydroxylation sites is 1. The SMILES string of the molecule is Cn1c(=O)n(C2CCC(=O)NC2=O)c2cccc(CCCOCC3CCN(C(=O)OC(C)(C)C)CC3)c21. The van der Waals surface area contributed by atoms with Crippen molar-refractivity contribution in [2.45, 2.75) is 70.9 Å². The quantitative estimate of drug-likeness (QED) is 0.449. The maximum atomic E-state index is 13.1. The minimum atomic E-state index is -0.686. The molecule has 2 aliphatic rings. The molecule has 10 heteroatoms. The van der Waals surface area contributed by atoms with Crippen molar-refractivity contribution in [3.8, 4) is 0 Å². The highest BCUT2D eigenvalue weighted by molar-refractivity contribution is 6.00. The van der Waals surface area contributed by atoms with Gasteiger partial charge in [-0.25, -0.2) is 9.59 Å². The van der Waals surface area contributed by atoms with Gasteiger partial charge in [0.1, 0.15) is 11.6 Å². The number of rotatable bonds is 7. The number of carbonyl (C=O) groups excluding carboxylic acids is 3. The monoisotopic (exact) mass is 514 g/mol. The zero-order valence-corrected chi connectivity index (χ0v) is 22.2.